The van der Waals surface area contributed by atoms with Crippen LogP contribution >= 0.6 is 0 Å². The third-order valence-corrected chi connectivity index (χ3v) is 3.83. The summed E-state index contributed by atoms with van der Waals surface area (Å²) in [4.78, 5) is 11.3. The maximum absolute atomic E-state index is 14.2. The Balaban J connectivity index is 1.76. The monoisotopic (exact) mass is 320 g/mol. The number of furan rings is 1. The van der Waals surface area contributed by atoms with E-state index in [4.69, 9.17) is 4.42 Å². The first-order valence-electron chi connectivity index (χ1n) is 7.18. The molecule has 1 aromatic carbocycles. The van der Waals surface area contributed by atoms with Gasteiger partial charge in [0.15, 0.2) is 16.9 Å². The first-order chi connectivity index (χ1) is 11.8. The molecule has 4 aromatic heterocycles. The van der Waals surface area contributed by atoms with Crippen LogP contribution < -0.4 is 0 Å². The number of halogens is 1. The van der Waals surface area contributed by atoms with Gasteiger partial charge in [0.05, 0.1) is 17.5 Å². The number of fused-ring (bicyclic) bond motifs is 2. The summed E-state index contributed by atoms with van der Waals surface area (Å²) < 4.78 is 21.1. The number of nitrogens with one attached hydrogen (secondary N) is 1. The molecule has 0 fully saturated rings. The number of H-pyrrole nitrogens is 1. The minimum absolute atomic E-state index is 0.364. The molecule has 0 atom stereocenters. The molecule has 0 aliphatic carbocycles. The number of rotatable bonds is 2. The fourth-order valence-electron chi connectivity index (χ4n) is 2.75. The van der Waals surface area contributed by atoms with Gasteiger partial charge in [0.1, 0.15) is 17.8 Å². The van der Waals surface area contributed by atoms with Gasteiger partial charge >= 0.3 is 0 Å². The van der Waals surface area contributed by atoms with Crippen LogP contribution in [0.1, 0.15) is 0 Å². The van der Waals surface area contributed by atoms with E-state index in [2.05, 4.69) is 25.3 Å². The van der Waals surface area contributed by atoms with E-state index < -0.39 is 0 Å². The van der Waals surface area contributed by atoms with Gasteiger partial charge < -0.3 is 9.40 Å². The van der Waals surface area contributed by atoms with Gasteiger partial charge in [-0.05, 0) is 24.3 Å². The molecule has 0 saturated heterocycles. The fraction of sp³-hybridized carbons (Fsp3) is 0. The van der Waals surface area contributed by atoms with Crippen LogP contribution in [0.4, 0.5) is 4.39 Å². The number of hydrogen-bond acceptors (Lipinski definition) is 5. The third-order valence-electron chi connectivity index (χ3n) is 3.83. The first-order valence-corrected chi connectivity index (χ1v) is 7.18. The molecule has 0 aliphatic rings. The highest BCUT2D eigenvalue weighted by atomic mass is 19.1. The van der Waals surface area contributed by atoms with Gasteiger partial charge in [0.2, 0.25) is 0 Å². The van der Waals surface area contributed by atoms with Gasteiger partial charge in [-0.2, -0.15) is 4.68 Å². The van der Waals surface area contributed by atoms with E-state index in [1.54, 1.807) is 30.7 Å². The van der Waals surface area contributed by atoms with Crippen molar-refractivity contribution >= 4 is 22.1 Å². The maximum Gasteiger partial charge on any atom is 0.187 e. The van der Waals surface area contributed by atoms with Crippen molar-refractivity contribution in [2.45, 2.75) is 0 Å². The molecule has 0 aliphatic heterocycles. The summed E-state index contributed by atoms with van der Waals surface area (Å²) in [5.74, 6) is 0.207. The number of nitrogens with zero attached hydrogens (tertiary/aromatic N) is 5. The molecular weight excluding hydrogens is 311 g/mol. The lowest BCUT2D eigenvalue weighted by Crippen LogP contribution is -1.99. The van der Waals surface area contributed by atoms with E-state index in [0.717, 1.165) is 5.39 Å². The summed E-state index contributed by atoms with van der Waals surface area (Å²) in [6.07, 6.45) is 4.66. The summed E-state index contributed by atoms with van der Waals surface area (Å²) in [6, 6.07) is 8.55. The predicted molar refractivity (Wildman–Crippen MR) is 84.0 cm³/mol. The quantitative estimate of drug-likeness (QED) is 0.540. The van der Waals surface area contributed by atoms with Gasteiger partial charge in [0, 0.05) is 17.6 Å². The molecule has 24 heavy (non-hydrogen) atoms. The zero-order chi connectivity index (χ0) is 16.1. The van der Waals surface area contributed by atoms with Gasteiger partial charge in [-0.1, -0.05) is 5.21 Å². The van der Waals surface area contributed by atoms with Crippen LogP contribution in [0.3, 0.4) is 0 Å². The van der Waals surface area contributed by atoms with Gasteiger partial charge in [-0.3, -0.25) is 0 Å². The third kappa shape index (κ3) is 1.76. The lowest BCUT2D eigenvalue weighted by Gasteiger charge is -2.03. The number of aromatic nitrogens is 6. The lowest BCUT2D eigenvalue weighted by atomic mass is 10.2. The minimum Gasteiger partial charge on any atom is -0.463 e. The minimum atomic E-state index is -0.364. The Bertz CT molecular complexity index is 1170. The van der Waals surface area contributed by atoms with Crippen LogP contribution in [-0.2, 0) is 0 Å². The van der Waals surface area contributed by atoms with Gasteiger partial charge in [0.25, 0.3) is 0 Å². The molecule has 0 bridgehead atoms. The molecule has 116 valence electrons. The molecule has 5 aromatic rings. The molecule has 0 unspecified atom stereocenters. The number of benzene rings is 1. The highest BCUT2D eigenvalue weighted by Gasteiger charge is 2.17. The Hall–Kier alpha value is -3.55. The predicted octanol–water partition coefficient (Wildman–Crippen LogP) is 3.09. The second-order valence-corrected chi connectivity index (χ2v) is 5.24. The smallest absolute Gasteiger partial charge is 0.187 e. The largest absolute Gasteiger partial charge is 0.463 e. The molecule has 4 heterocycles. The Kier molecular flexibility index (Phi) is 2.55. The molecule has 7 nitrogen and oxygen atoms in total. The van der Waals surface area contributed by atoms with Crippen LogP contribution in [-0.4, -0.2) is 29.9 Å². The zero-order valence-corrected chi connectivity index (χ0v) is 12.1. The fourth-order valence-corrected chi connectivity index (χ4v) is 2.75. The van der Waals surface area contributed by atoms with E-state index in [1.807, 2.05) is 6.07 Å². The van der Waals surface area contributed by atoms with Gasteiger partial charge in [-0.15, -0.1) is 5.10 Å². The Morgan fingerprint density at radius 1 is 1.17 bits per heavy atom. The molecule has 5 rings (SSSR count). The highest BCUT2D eigenvalue weighted by Crippen LogP contribution is 2.26. The second-order valence-electron chi connectivity index (χ2n) is 5.24. The van der Waals surface area contributed by atoms with Crippen molar-refractivity contribution in [3.63, 3.8) is 0 Å². The van der Waals surface area contributed by atoms with E-state index in [9.17, 15) is 4.39 Å². The summed E-state index contributed by atoms with van der Waals surface area (Å²) >= 11 is 0. The van der Waals surface area contributed by atoms with Crippen molar-refractivity contribution in [2.24, 2.45) is 0 Å². The first kappa shape index (κ1) is 12.9. The van der Waals surface area contributed by atoms with Crippen LogP contribution in [0, 0.1) is 5.82 Å². The van der Waals surface area contributed by atoms with Crippen molar-refractivity contribution < 1.29 is 8.81 Å². The number of aromatic amines is 1. The molecule has 0 radical (unpaired) electrons. The van der Waals surface area contributed by atoms with Crippen LogP contribution in [0.2, 0.25) is 0 Å². The van der Waals surface area contributed by atoms with E-state index in [-0.39, 0.29) is 5.82 Å². The molecule has 0 amide bonds. The van der Waals surface area contributed by atoms with Gasteiger partial charge in [-0.25, -0.2) is 14.4 Å². The average molecular weight is 320 g/mol. The lowest BCUT2D eigenvalue weighted by molar-refractivity contribution is 0.580. The number of hydrogen-bond donors (Lipinski definition) is 1. The van der Waals surface area contributed by atoms with Crippen LogP contribution in [0.15, 0.2) is 53.5 Å². The normalized spacial score (nSPS) is 11.5. The van der Waals surface area contributed by atoms with E-state index in [1.165, 1.54) is 17.1 Å². The molecular formula is C16H9FN6O. The molecule has 1 N–H and O–H groups in total. The van der Waals surface area contributed by atoms with Crippen molar-refractivity contribution in [1.82, 2.24) is 29.9 Å². The topological polar surface area (TPSA) is 85.4 Å². The SMILES string of the molecule is Fc1cc(-n2nnc3c(-c4ccco4)ncnc32)cc2cc[nH]c12. The van der Waals surface area contributed by atoms with Crippen LogP contribution in [0.5, 0.6) is 0 Å². The maximum atomic E-state index is 14.2. The average Bonchev–Trinajstić information content (AvgIpc) is 3.33. The summed E-state index contributed by atoms with van der Waals surface area (Å²) in [6.45, 7) is 0. The summed E-state index contributed by atoms with van der Waals surface area (Å²) in [5.41, 5.74) is 2.49. The Morgan fingerprint density at radius 2 is 2.12 bits per heavy atom. The van der Waals surface area contributed by atoms with E-state index >= 15 is 0 Å². The van der Waals surface area contributed by atoms with Crippen molar-refractivity contribution in [3.05, 3.63) is 54.9 Å². The van der Waals surface area contributed by atoms with Crippen molar-refractivity contribution in [1.29, 1.82) is 0 Å². The zero-order valence-electron chi connectivity index (χ0n) is 12.1. The summed E-state index contributed by atoms with van der Waals surface area (Å²) in [7, 11) is 0. The molecule has 0 saturated carbocycles. The van der Waals surface area contributed by atoms with E-state index in [0.29, 0.717) is 33.8 Å². The molecule has 0 spiro atoms. The Labute approximate surface area is 133 Å². The molecule has 8 heteroatoms. The summed E-state index contributed by atoms with van der Waals surface area (Å²) in [5, 5.41) is 9.00. The highest BCUT2D eigenvalue weighted by molar-refractivity contribution is 5.87. The van der Waals surface area contributed by atoms with Crippen molar-refractivity contribution in [3.8, 4) is 17.1 Å². The second kappa shape index (κ2) is 4.72. The van der Waals surface area contributed by atoms with Crippen molar-refractivity contribution in [2.75, 3.05) is 0 Å². The Morgan fingerprint density at radius 3 is 3.00 bits per heavy atom. The standard InChI is InChI=1S/C16H9FN6O/c17-11-7-10(6-9-3-4-18-13(9)11)23-16-15(21-22-23)14(19-8-20-16)12-2-1-5-24-12/h1-8,18H. The van der Waals surface area contributed by atoms with Crippen LogP contribution in [0.25, 0.3) is 39.2 Å².